The molecule has 2 rings (SSSR count). The van der Waals surface area contributed by atoms with Gasteiger partial charge in [0.25, 0.3) is 0 Å². The Morgan fingerprint density at radius 2 is 2.10 bits per heavy atom. The first-order chi connectivity index (χ1) is 10.0. The summed E-state index contributed by atoms with van der Waals surface area (Å²) >= 11 is 0. The van der Waals surface area contributed by atoms with Crippen LogP contribution in [0.2, 0.25) is 0 Å². The van der Waals surface area contributed by atoms with E-state index in [0.717, 1.165) is 32.1 Å². The largest absolute Gasteiger partial charge is 0.305 e. The molecule has 1 fully saturated rings. The first-order valence-corrected chi connectivity index (χ1v) is 7.30. The zero-order chi connectivity index (χ0) is 15.4. The van der Waals surface area contributed by atoms with Crippen LogP contribution in [0.3, 0.4) is 0 Å². The second kappa shape index (κ2) is 7.26. The Labute approximate surface area is 124 Å². The number of rotatable bonds is 4. The molecule has 1 aliphatic rings. The number of halogens is 2. The lowest BCUT2D eigenvalue weighted by Gasteiger charge is -2.34. The van der Waals surface area contributed by atoms with Crippen molar-refractivity contribution in [1.82, 2.24) is 15.2 Å². The first-order valence-electron chi connectivity index (χ1n) is 7.30. The molecule has 6 heteroatoms. The molecule has 0 spiro atoms. The minimum absolute atomic E-state index is 0.133. The Morgan fingerprint density at radius 1 is 1.33 bits per heavy atom. The predicted molar refractivity (Wildman–Crippen MR) is 79.7 cm³/mol. The van der Waals surface area contributed by atoms with Gasteiger partial charge in [-0.15, -0.1) is 0 Å². The average Bonchev–Trinajstić information content (AvgIpc) is 2.61. The van der Waals surface area contributed by atoms with Crippen molar-refractivity contribution in [3.8, 4) is 0 Å². The third kappa shape index (κ3) is 4.20. The molecular weight excluding hydrogens is 274 g/mol. The molecule has 1 aromatic rings. The molecule has 0 aromatic heterocycles. The van der Waals surface area contributed by atoms with Gasteiger partial charge in [0.05, 0.1) is 0 Å². The number of nitrogens with two attached hydrogens (primary N) is 1. The second-order valence-corrected chi connectivity index (χ2v) is 5.88. The summed E-state index contributed by atoms with van der Waals surface area (Å²) < 4.78 is 27.1. The lowest BCUT2D eigenvalue weighted by molar-refractivity contribution is 0.177. The van der Waals surface area contributed by atoms with Crippen molar-refractivity contribution in [2.75, 3.05) is 33.7 Å². The molecule has 0 bridgehead atoms. The lowest BCUT2D eigenvalue weighted by Crippen LogP contribution is -2.55. The van der Waals surface area contributed by atoms with Gasteiger partial charge >= 0.3 is 0 Å². The summed E-state index contributed by atoms with van der Waals surface area (Å²) in [7, 11) is 4.12. The highest BCUT2D eigenvalue weighted by Gasteiger charge is 2.28. The van der Waals surface area contributed by atoms with Crippen LogP contribution in [-0.2, 0) is 6.42 Å². The summed E-state index contributed by atoms with van der Waals surface area (Å²) in [4.78, 5) is 4.49. The molecule has 0 radical (unpaired) electrons. The highest BCUT2D eigenvalue weighted by Crippen LogP contribution is 2.17. The van der Waals surface area contributed by atoms with Crippen LogP contribution in [0.4, 0.5) is 8.78 Å². The van der Waals surface area contributed by atoms with Gasteiger partial charge in [0.15, 0.2) is 0 Å². The average molecular weight is 298 g/mol. The third-order valence-corrected chi connectivity index (χ3v) is 4.24. The summed E-state index contributed by atoms with van der Waals surface area (Å²) in [5, 5.41) is 0. The van der Waals surface area contributed by atoms with E-state index < -0.39 is 5.82 Å². The maximum atomic E-state index is 13.8. The van der Waals surface area contributed by atoms with Crippen molar-refractivity contribution in [3.05, 3.63) is 35.4 Å². The van der Waals surface area contributed by atoms with E-state index in [0.29, 0.717) is 12.0 Å². The SMILES string of the molecule is CN1CCCN(C)C(C(Cc2cc(F)ccc2F)NN)C1. The van der Waals surface area contributed by atoms with Crippen LogP contribution in [0.5, 0.6) is 0 Å². The number of hydrogen-bond acceptors (Lipinski definition) is 4. The van der Waals surface area contributed by atoms with E-state index in [1.165, 1.54) is 12.1 Å². The van der Waals surface area contributed by atoms with Gasteiger partial charge in [-0.05, 0) is 63.8 Å². The molecule has 2 unspecified atom stereocenters. The Morgan fingerprint density at radius 3 is 2.81 bits per heavy atom. The minimum atomic E-state index is -0.423. The Bertz CT molecular complexity index is 469. The quantitative estimate of drug-likeness (QED) is 0.642. The van der Waals surface area contributed by atoms with Crippen LogP contribution >= 0.6 is 0 Å². The lowest BCUT2D eigenvalue weighted by atomic mass is 9.98. The fourth-order valence-corrected chi connectivity index (χ4v) is 2.98. The first kappa shape index (κ1) is 16.3. The van der Waals surface area contributed by atoms with Crippen molar-refractivity contribution in [1.29, 1.82) is 0 Å². The maximum absolute atomic E-state index is 13.8. The van der Waals surface area contributed by atoms with Crippen LogP contribution in [0, 0.1) is 11.6 Å². The van der Waals surface area contributed by atoms with E-state index in [1.807, 2.05) is 0 Å². The van der Waals surface area contributed by atoms with E-state index in [9.17, 15) is 8.78 Å². The fraction of sp³-hybridized carbons (Fsp3) is 0.600. The minimum Gasteiger partial charge on any atom is -0.305 e. The van der Waals surface area contributed by atoms with E-state index in [4.69, 9.17) is 5.84 Å². The molecule has 118 valence electrons. The van der Waals surface area contributed by atoms with Crippen LogP contribution in [-0.4, -0.2) is 55.6 Å². The zero-order valence-electron chi connectivity index (χ0n) is 12.6. The Kier molecular flexibility index (Phi) is 5.64. The smallest absolute Gasteiger partial charge is 0.126 e. The van der Waals surface area contributed by atoms with E-state index >= 15 is 0 Å². The molecular formula is C15H24F2N4. The van der Waals surface area contributed by atoms with Gasteiger partial charge in [0, 0.05) is 18.6 Å². The summed E-state index contributed by atoms with van der Waals surface area (Å²) in [6.07, 6.45) is 1.46. The highest BCUT2D eigenvalue weighted by atomic mass is 19.1. The van der Waals surface area contributed by atoms with Gasteiger partial charge in [-0.2, -0.15) is 0 Å². The summed E-state index contributed by atoms with van der Waals surface area (Å²) in [5.41, 5.74) is 3.15. The molecule has 3 N–H and O–H groups in total. The number of hydrogen-bond donors (Lipinski definition) is 2. The number of hydrazine groups is 1. The van der Waals surface area contributed by atoms with Gasteiger partial charge in [0.2, 0.25) is 0 Å². The van der Waals surface area contributed by atoms with Crippen LogP contribution < -0.4 is 11.3 Å². The number of benzene rings is 1. The van der Waals surface area contributed by atoms with E-state index in [-0.39, 0.29) is 17.9 Å². The molecule has 1 aliphatic heterocycles. The Balaban J connectivity index is 2.16. The van der Waals surface area contributed by atoms with Gasteiger partial charge in [-0.1, -0.05) is 0 Å². The van der Waals surface area contributed by atoms with Crippen LogP contribution in [0.25, 0.3) is 0 Å². The monoisotopic (exact) mass is 298 g/mol. The molecule has 21 heavy (non-hydrogen) atoms. The van der Waals surface area contributed by atoms with Gasteiger partial charge in [-0.3, -0.25) is 11.3 Å². The topological polar surface area (TPSA) is 44.5 Å². The summed E-state index contributed by atoms with van der Waals surface area (Å²) in [5.74, 6) is 4.88. The highest BCUT2D eigenvalue weighted by molar-refractivity contribution is 5.20. The number of nitrogens with one attached hydrogen (secondary N) is 1. The van der Waals surface area contributed by atoms with E-state index in [1.54, 1.807) is 0 Å². The second-order valence-electron chi connectivity index (χ2n) is 5.88. The van der Waals surface area contributed by atoms with E-state index in [2.05, 4.69) is 29.3 Å². The maximum Gasteiger partial charge on any atom is 0.126 e. The van der Waals surface area contributed by atoms with Crippen molar-refractivity contribution in [2.24, 2.45) is 5.84 Å². The zero-order valence-corrected chi connectivity index (χ0v) is 12.6. The third-order valence-electron chi connectivity index (χ3n) is 4.24. The molecule has 0 saturated carbocycles. The van der Waals surface area contributed by atoms with Gasteiger partial charge in [0.1, 0.15) is 11.6 Å². The van der Waals surface area contributed by atoms with Crippen LogP contribution in [0.1, 0.15) is 12.0 Å². The number of likely N-dealkylation sites (N-methyl/N-ethyl adjacent to an activating group) is 2. The fourth-order valence-electron chi connectivity index (χ4n) is 2.98. The molecule has 0 amide bonds. The number of nitrogens with zero attached hydrogens (tertiary/aromatic N) is 2. The molecule has 4 nitrogen and oxygen atoms in total. The molecule has 0 aliphatic carbocycles. The van der Waals surface area contributed by atoms with Gasteiger partial charge < -0.3 is 9.80 Å². The standard InChI is InChI=1S/C15H24F2N4/c1-20-6-3-7-21(2)15(10-20)14(19-18)9-11-8-12(16)4-5-13(11)17/h4-5,8,14-15,19H,3,6-7,9-10,18H2,1-2H3. The normalized spacial score (nSPS) is 23.0. The summed E-state index contributed by atoms with van der Waals surface area (Å²) in [6, 6.07) is 3.58. The Hall–Kier alpha value is -1.08. The van der Waals surface area contributed by atoms with Crippen molar-refractivity contribution in [2.45, 2.75) is 24.9 Å². The van der Waals surface area contributed by atoms with Crippen molar-refractivity contribution < 1.29 is 8.78 Å². The summed E-state index contributed by atoms with van der Waals surface area (Å²) in [6.45, 7) is 2.85. The molecule has 1 aromatic carbocycles. The van der Waals surface area contributed by atoms with Crippen LogP contribution in [0.15, 0.2) is 18.2 Å². The van der Waals surface area contributed by atoms with Gasteiger partial charge in [-0.25, -0.2) is 8.78 Å². The van der Waals surface area contributed by atoms with Crippen molar-refractivity contribution >= 4 is 0 Å². The molecule has 2 atom stereocenters. The molecule has 1 saturated heterocycles. The predicted octanol–water partition coefficient (Wildman–Crippen LogP) is 0.975. The molecule has 1 heterocycles. The van der Waals surface area contributed by atoms with Crippen molar-refractivity contribution in [3.63, 3.8) is 0 Å².